The highest BCUT2D eigenvalue weighted by Crippen LogP contribution is 2.07. The molecular weight excluding hydrogens is 382 g/mol. The van der Waals surface area contributed by atoms with E-state index in [-0.39, 0.29) is 31.4 Å². The smallest absolute Gasteiger partial charge is 0.325 e. The van der Waals surface area contributed by atoms with Crippen molar-refractivity contribution >= 4 is 29.6 Å². The monoisotopic (exact) mass is 415 g/mol. The van der Waals surface area contributed by atoms with E-state index in [1.165, 1.54) is 0 Å². The summed E-state index contributed by atoms with van der Waals surface area (Å²) in [6.45, 7) is 8.36. The Morgan fingerprint density at radius 3 is 1.79 bits per heavy atom. The van der Waals surface area contributed by atoms with Crippen molar-refractivity contribution in [3.63, 3.8) is 0 Å². The van der Waals surface area contributed by atoms with Crippen LogP contribution in [0.5, 0.6) is 0 Å². The van der Waals surface area contributed by atoms with Crippen LogP contribution in [0.2, 0.25) is 0 Å². The lowest BCUT2D eigenvalue weighted by Gasteiger charge is -2.27. The van der Waals surface area contributed by atoms with E-state index in [0.29, 0.717) is 0 Å². The molecule has 0 saturated heterocycles. The van der Waals surface area contributed by atoms with Crippen LogP contribution in [0.3, 0.4) is 0 Å². The first-order chi connectivity index (χ1) is 13.4. The number of carbonyl (C=O) groups excluding carboxylic acids is 5. The lowest BCUT2D eigenvalue weighted by molar-refractivity contribution is -0.143. The van der Waals surface area contributed by atoms with Crippen LogP contribution in [-0.4, -0.2) is 60.9 Å². The Hall–Kier alpha value is -2.69. The molecule has 0 heterocycles. The molecule has 0 aromatic carbocycles. The standard InChI is InChI=1S/C18H33N5O6/c1-6-29-13(25)8-21-17(27)14(9(2)3)23-18(28)15(10(4)5)22-16(26)11(19)7-12(20)24/h9-11,14-15H,6-8,19H2,1-5H3,(H2,20,24)(H,21,27)(H,22,26)(H,23,28)/t11-,14-,15-/m0/s1. The highest BCUT2D eigenvalue weighted by Gasteiger charge is 2.31. The molecule has 0 radical (unpaired) electrons. The van der Waals surface area contributed by atoms with Gasteiger partial charge in [-0.25, -0.2) is 0 Å². The largest absolute Gasteiger partial charge is 0.465 e. The van der Waals surface area contributed by atoms with Crippen LogP contribution in [0.4, 0.5) is 0 Å². The van der Waals surface area contributed by atoms with Crippen molar-refractivity contribution in [2.45, 2.75) is 59.2 Å². The van der Waals surface area contributed by atoms with Gasteiger partial charge in [0.2, 0.25) is 23.6 Å². The molecule has 0 aliphatic heterocycles. The number of ether oxygens (including phenoxy) is 1. The van der Waals surface area contributed by atoms with Crippen molar-refractivity contribution < 1.29 is 28.7 Å². The average Bonchev–Trinajstić information content (AvgIpc) is 2.60. The predicted octanol–water partition coefficient (Wildman–Crippen LogP) is -1.85. The van der Waals surface area contributed by atoms with Gasteiger partial charge in [0.1, 0.15) is 18.6 Å². The normalized spacial score (nSPS) is 13.9. The zero-order valence-corrected chi connectivity index (χ0v) is 17.6. The summed E-state index contributed by atoms with van der Waals surface area (Å²) < 4.78 is 4.74. The summed E-state index contributed by atoms with van der Waals surface area (Å²) in [5, 5.41) is 7.49. The quantitative estimate of drug-likeness (QED) is 0.232. The highest BCUT2D eigenvalue weighted by atomic mass is 16.5. The van der Waals surface area contributed by atoms with Crippen molar-refractivity contribution in [3.05, 3.63) is 0 Å². The van der Waals surface area contributed by atoms with E-state index < -0.39 is 47.7 Å². The molecular formula is C18H33N5O6. The summed E-state index contributed by atoms with van der Waals surface area (Å²) in [5.74, 6) is -3.80. The third-order valence-electron chi connectivity index (χ3n) is 3.96. The predicted molar refractivity (Wildman–Crippen MR) is 105 cm³/mol. The number of hydrogen-bond donors (Lipinski definition) is 5. The van der Waals surface area contributed by atoms with E-state index in [0.717, 1.165) is 0 Å². The molecule has 0 aromatic rings. The topological polar surface area (TPSA) is 183 Å². The van der Waals surface area contributed by atoms with E-state index in [1.54, 1.807) is 34.6 Å². The van der Waals surface area contributed by atoms with Gasteiger partial charge in [-0.15, -0.1) is 0 Å². The second-order valence-corrected chi connectivity index (χ2v) is 7.26. The Bertz CT molecular complexity index is 608. The van der Waals surface area contributed by atoms with Gasteiger partial charge in [0.15, 0.2) is 0 Å². The van der Waals surface area contributed by atoms with Crippen molar-refractivity contribution in [2.75, 3.05) is 13.2 Å². The molecule has 0 aliphatic rings. The summed E-state index contributed by atoms with van der Waals surface area (Å²) in [6, 6.07) is -3.11. The van der Waals surface area contributed by atoms with E-state index >= 15 is 0 Å². The number of nitrogens with one attached hydrogen (secondary N) is 3. The number of rotatable bonds is 12. The molecule has 0 bridgehead atoms. The van der Waals surface area contributed by atoms with Crippen LogP contribution < -0.4 is 27.4 Å². The van der Waals surface area contributed by atoms with E-state index in [4.69, 9.17) is 16.2 Å². The molecule has 166 valence electrons. The lowest BCUT2D eigenvalue weighted by Crippen LogP contribution is -2.58. The maximum atomic E-state index is 12.7. The van der Waals surface area contributed by atoms with Gasteiger partial charge in [-0.05, 0) is 18.8 Å². The second-order valence-electron chi connectivity index (χ2n) is 7.26. The minimum atomic E-state index is -1.18. The van der Waals surface area contributed by atoms with Crippen molar-refractivity contribution in [1.82, 2.24) is 16.0 Å². The third kappa shape index (κ3) is 9.88. The van der Waals surface area contributed by atoms with E-state index in [2.05, 4.69) is 16.0 Å². The Kier molecular flexibility index (Phi) is 11.5. The third-order valence-corrected chi connectivity index (χ3v) is 3.96. The van der Waals surface area contributed by atoms with Gasteiger partial charge in [0.05, 0.1) is 19.1 Å². The lowest BCUT2D eigenvalue weighted by atomic mass is 9.99. The number of nitrogens with two attached hydrogens (primary N) is 2. The van der Waals surface area contributed by atoms with E-state index in [9.17, 15) is 24.0 Å². The van der Waals surface area contributed by atoms with Crippen LogP contribution in [0.15, 0.2) is 0 Å². The maximum Gasteiger partial charge on any atom is 0.325 e. The minimum absolute atomic E-state index is 0.187. The summed E-state index contributed by atoms with van der Waals surface area (Å²) in [7, 11) is 0. The molecule has 11 nitrogen and oxygen atoms in total. The Morgan fingerprint density at radius 1 is 0.862 bits per heavy atom. The molecule has 29 heavy (non-hydrogen) atoms. The van der Waals surface area contributed by atoms with Crippen LogP contribution >= 0.6 is 0 Å². The number of esters is 1. The van der Waals surface area contributed by atoms with Gasteiger partial charge in [0, 0.05) is 0 Å². The Morgan fingerprint density at radius 2 is 1.34 bits per heavy atom. The van der Waals surface area contributed by atoms with Gasteiger partial charge in [-0.2, -0.15) is 0 Å². The molecule has 0 aromatic heterocycles. The molecule has 0 fully saturated rings. The van der Waals surface area contributed by atoms with Crippen LogP contribution in [0.1, 0.15) is 41.0 Å². The molecule has 11 heteroatoms. The van der Waals surface area contributed by atoms with Gasteiger partial charge in [-0.1, -0.05) is 27.7 Å². The molecule has 0 rings (SSSR count). The van der Waals surface area contributed by atoms with Crippen molar-refractivity contribution in [1.29, 1.82) is 0 Å². The van der Waals surface area contributed by atoms with Crippen molar-refractivity contribution in [2.24, 2.45) is 23.3 Å². The average molecular weight is 415 g/mol. The molecule has 3 atom stereocenters. The van der Waals surface area contributed by atoms with Gasteiger partial charge >= 0.3 is 5.97 Å². The number of primary amides is 1. The molecule has 7 N–H and O–H groups in total. The highest BCUT2D eigenvalue weighted by molar-refractivity contribution is 5.94. The number of amides is 4. The maximum absolute atomic E-state index is 12.7. The molecule has 0 aliphatic carbocycles. The van der Waals surface area contributed by atoms with Crippen molar-refractivity contribution in [3.8, 4) is 0 Å². The Balaban J connectivity index is 5.09. The van der Waals surface area contributed by atoms with Crippen LogP contribution in [-0.2, 0) is 28.7 Å². The summed E-state index contributed by atoms with van der Waals surface area (Å²) >= 11 is 0. The fraction of sp³-hybridized carbons (Fsp3) is 0.722. The first-order valence-electron chi connectivity index (χ1n) is 9.48. The van der Waals surface area contributed by atoms with Gasteiger partial charge in [-0.3, -0.25) is 24.0 Å². The Labute approximate surface area is 170 Å². The zero-order valence-electron chi connectivity index (χ0n) is 17.6. The van der Waals surface area contributed by atoms with E-state index in [1.807, 2.05) is 0 Å². The molecule has 0 spiro atoms. The fourth-order valence-electron chi connectivity index (χ4n) is 2.36. The first kappa shape index (κ1) is 26.3. The fourth-order valence-corrected chi connectivity index (χ4v) is 2.36. The number of carbonyl (C=O) groups is 5. The molecule has 4 amide bonds. The number of hydrogen-bond acceptors (Lipinski definition) is 7. The summed E-state index contributed by atoms with van der Waals surface area (Å²) in [4.78, 5) is 59.5. The summed E-state index contributed by atoms with van der Waals surface area (Å²) in [6.07, 6.45) is -0.358. The second kappa shape index (κ2) is 12.7. The van der Waals surface area contributed by atoms with Crippen LogP contribution in [0.25, 0.3) is 0 Å². The zero-order chi connectivity index (χ0) is 22.7. The SMILES string of the molecule is CCOC(=O)CNC(=O)[C@@H](NC(=O)[C@@H](NC(=O)[C@@H](N)CC(N)=O)C(C)C)C(C)C. The molecule has 0 unspecified atom stereocenters. The first-order valence-corrected chi connectivity index (χ1v) is 9.48. The van der Waals surface area contributed by atoms with Crippen LogP contribution in [0, 0.1) is 11.8 Å². The molecule has 0 saturated carbocycles. The minimum Gasteiger partial charge on any atom is -0.465 e. The van der Waals surface area contributed by atoms with Gasteiger partial charge < -0.3 is 32.2 Å². The summed E-state index contributed by atoms with van der Waals surface area (Å²) in [5.41, 5.74) is 10.6. The van der Waals surface area contributed by atoms with Gasteiger partial charge in [0.25, 0.3) is 0 Å².